The monoisotopic (exact) mass is 567 g/mol. The number of fused-ring (bicyclic) bond motifs is 2. The highest BCUT2D eigenvalue weighted by atomic mass is 33.1. The molecule has 9 nitrogen and oxygen atoms in total. The fourth-order valence-corrected chi connectivity index (χ4v) is 5.89. The van der Waals surface area contributed by atoms with E-state index in [-0.39, 0.29) is 23.4 Å². The molecule has 1 aliphatic carbocycles. The number of nitrogens with one attached hydrogen (secondary N) is 1. The van der Waals surface area contributed by atoms with Gasteiger partial charge in [-0.3, -0.25) is 4.79 Å². The number of anilines is 1. The number of nitrogens with zero attached hydrogens (tertiary/aromatic N) is 2. The number of carboxylic acids is 1. The third kappa shape index (κ3) is 6.26. The molecule has 1 aliphatic heterocycles. The Morgan fingerprint density at radius 3 is 2.38 bits per heavy atom. The lowest BCUT2D eigenvalue weighted by Crippen LogP contribution is -2.28. The minimum atomic E-state index is -3.23. The van der Waals surface area contributed by atoms with Crippen LogP contribution < -0.4 is 25.3 Å². The molecule has 0 atom stereocenters. The number of carbonyl (C=O) groups is 2. The fraction of sp³-hybridized carbons (Fsp3) is 0.250. The van der Waals surface area contributed by atoms with Gasteiger partial charge in [0.15, 0.2) is 8.87 Å². The lowest BCUT2D eigenvalue weighted by molar-refractivity contribution is -0.254. The van der Waals surface area contributed by atoms with E-state index in [1.807, 2.05) is 74.1 Å². The van der Waals surface area contributed by atoms with Gasteiger partial charge in [0.05, 0.1) is 12.0 Å². The third-order valence-corrected chi connectivity index (χ3v) is 8.76. The normalized spacial score (nSPS) is 11.5. The van der Waals surface area contributed by atoms with Gasteiger partial charge in [-0.1, -0.05) is 6.07 Å². The van der Waals surface area contributed by atoms with E-state index in [9.17, 15) is 23.1 Å². The molecule has 0 radical (unpaired) electrons. The van der Waals surface area contributed by atoms with Crippen molar-refractivity contribution in [1.82, 2.24) is 9.89 Å². The van der Waals surface area contributed by atoms with Crippen LogP contribution in [0.5, 0.6) is 0 Å². The number of carboxylic acid groups (broad SMARTS) is 1. The highest BCUT2D eigenvalue weighted by Gasteiger charge is 2.22. The summed E-state index contributed by atoms with van der Waals surface area (Å²) >= 11 is 0. The van der Waals surface area contributed by atoms with Gasteiger partial charge in [-0.2, -0.15) is 0 Å². The smallest absolute Gasteiger partial charge is 0.251 e. The molecule has 0 fully saturated rings. The van der Waals surface area contributed by atoms with Crippen molar-refractivity contribution in [2.45, 2.75) is 0 Å². The van der Waals surface area contributed by atoms with Crippen molar-refractivity contribution in [2.24, 2.45) is 0 Å². The molecule has 11 heteroatoms. The molecular weight excluding hydrogens is 538 g/mol. The summed E-state index contributed by atoms with van der Waals surface area (Å²) in [7, 11) is 5.19. The average Bonchev–Trinajstić information content (AvgIpc) is 2.87. The van der Waals surface area contributed by atoms with E-state index >= 15 is 0 Å². The van der Waals surface area contributed by atoms with Crippen LogP contribution >= 0.6 is 10.8 Å². The number of hydrogen-bond donors (Lipinski definition) is 1. The number of amides is 1. The molecule has 0 saturated heterocycles. The van der Waals surface area contributed by atoms with E-state index in [2.05, 4.69) is 5.32 Å². The van der Waals surface area contributed by atoms with Crippen molar-refractivity contribution in [2.75, 3.05) is 51.6 Å². The second kappa shape index (κ2) is 11.1. The van der Waals surface area contributed by atoms with E-state index in [4.69, 9.17) is 4.42 Å². The first-order valence-corrected chi connectivity index (χ1v) is 15.4. The molecular formula is C28H29N3O6S2. The molecule has 2 aliphatic rings. The molecule has 0 saturated carbocycles. The molecule has 0 unspecified atom stereocenters. The summed E-state index contributed by atoms with van der Waals surface area (Å²) in [5.41, 5.74) is 3.23. The molecule has 4 rings (SSSR count). The quantitative estimate of drug-likeness (QED) is 0.149. The van der Waals surface area contributed by atoms with Crippen LogP contribution in [0.25, 0.3) is 33.4 Å². The largest absolute Gasteiger partial charge is 0.545 e. The van der Waals surface area contributed by atoms with Crippen molar-refractivity contribution in [1.29, 1.82) is 0 Å². The molecule has 0 aromatic heterocycles. The van der Waals surface area contributed by atoms with Gasteiger partial charge in [-0.15, -0.1) is 0 Å². The van der Waals surface area contributed by atoms with Gasteiger partial charge in [0.25, 0.3) is 5.91 Å². The van der Waals surface area contributed by atoms with Crippen molar-refractivity contribution in [3.8, 4) is 22.5 Å². The molecule has 2 aromatic rings. The predicted molar refractivity (Wildman–Crippen MR) is 154 cm³/mol. The Labute approximate surface area is 230 Å². The van der Waals surface area contributed by atoms with Crippen LogP contribution in [0.1, 0.15) is 20.7 Å². The van der Waals surface area contributed by atoms with E-state index in [1.165, 1.54) is 6.07 Å². The first kappa shape index (κ1) is 28.2. The first-order chi connectivity index (χ1) is 18.4. The second-order valence-electron chi connectivity index (χ2n) is 9.46. The lowest BCUT2D eigenvalue weighted by Gasteiger charge is -2.20. The Kier molecular flexibility index (Phi) is 8.03. The molecule has 1 heterocycles. The van der Waals surface area contributed by atoms with Crippen molar-refractivity contribution in [3.05, 3.63) is 71.1 Å². The molecule has 1 N–H and O–H groups in total. The van der Waals surface area contributed by atoms with E-state index < -0.39 is 20.7 Å². The Bertz CT molecular complexity index is 1740. The van der Waals surface area contributed by atoms with Crippen molar-refractivity contribution in [3.63, 3.8) is 0 Å². The lowest BCUT2D eigenvalue weighted by atomic mass is 9.89. The zero-order valence-corrected chi connectivity index (χ0v) is 23.9. The maximum absolute atomic E-state index is 12.7. The Morgan fingerprint density at radius 2 is 1.74 bits per heavy atom. The summed E-state index contributed by atoms with van der Waals surface area (Å²) in [6, 6.07) is 15.9. The fourth-order valence-electron chi connectivity index (χ4n) is 4.25. The van der Waals surface area contributed by atoms with E-state index in [0.29, 0.717) is 33.4 Å². The van der Waals surface area contributed by atoms with Gasteiger partial charge >= 0.3 is 0 Å². The molecule has 2 aromatic carbocycles. The van der Waals surface area contributed by atoms with Crippen LogP contribution in [0.2, 0.25) is 0 Å². The SMILES string of the molecule is CN(C)c1ccc2c(-c3ccc(C(=O)NCCSS(C)(=O)=O)cc3C(=O)[O-])c3ccc(=[N+](C)C)cc-3oc2c1. The van der Waals surface area contributed by atoms with Crippen LogP contribution in [0.4, 0.5) is 5.69 Å². The Hall–Kier alpha value is -3.83. The summed E-state index contributed by atoms with van der Waals surface area (Å²) in [4.78, 5) is 27.0. The highest BCUT2D eigenvalue weighted by molar-refractivity contribution is 8.71. The van der Waals surface area contributed by atoms with Crippen LogP contribution in [0, 0.1) is 0 Å². The van der Waals surface area contributed by atoms with Gasteiger partial charge in [-0.05, 0) is 46.7 Å². The van der Waals surface area contributed by atoms with E-state index in [1.54, 1.807) is 12.1 Å². The highest BCUT2D eigenvalue weighted by Crippen LogP contribution is 2.42. The Morgan fingerprint density at radius 1 is 1.03 bits per heavy atom. The minimum Gasteiger partial charge on any atom is -0.545 e. The number of aromatic carboxylic acids is 1. The maximum atomic E-state index is 12.7. The Balaban J connectivity index is 1.88. The van der Waals surface area contributed by atoms with Crippen LogP contribution in [-0.4, -0.2) is 67.0 Å². The minimum absolute atomic E-state index is 0.108. The number of benzene rings is 3. The van der Waals surface area contributed by atoms with Gasteiger partial charge < -0.3 is 24.5 Å². The summed E-state index contributed by atoms with van der Waals surface area (Å²) in [5.74, 6) is -1.19. The zero-order valence-electron chi connectivity index (χ0n) is 22.3. The van der Waals surface area contributed by atoms with Gasteiger partial charge in [0.2, 0.25) is 5.36 Å². The molecule has 0 spiro atoms. The summed E-state index contributed by atoms with van der Waals surface area (Å²) in [6.07, 6.45) is 1.09. The molecule has 39 heavy (non-hydrogen) atoms. The van der Waals surface area contributed by atoms with Crippen LogP contribution in [0.15, 0.2) is 59.0 Å². The second-order valence-corrected chi connectivity index (χ2v) is 14.0. The number of hydrogen-bond acceptors (Lipinski definition) is 8. The summed E-state index contributed by atoms with van der Waals surface area (Å²) in [6.45, 7) is 0.108. The van der Waals surface area contributed by atoms with Gasteiger partial charge in [-0.25, -0.2) is 13.0 Å². The predicted octanol–water partition coefficient (Wildman–Crippen LogP) is 2.09. The van der Waals surface area contributed by atoms with Crippen molar-refractivity contribution < 1.29 is 27.5 Å². The maximum Gasteiger partial charge on any atom is 0.251 e. The number of rotatable bonds is 8. The van der Waals surface area contributed by atoms with Crippen LogP contribution in [0.3, 0.4) is 0 Å². The summed E-state index contributed by atoms with van der Waals surface area (Å²) < 4.78 is 30.8. The van der Waals surface area contributed by atoms with Crippen molar-refractivity contribution >= 4 is 48.2 Å². The number of carbonyl (C=O) groups excluding carboxylic acids is 2. The summed E-state index contributed by atoms with van der Waals surface area (Å²) in [5, 5.41) is 16.6. The zero-order chi connectivity index (χ0) is 28.5. The standard InChI is InChI=1S/C28H29N3O6S2/c1-30(2)18-7-10-21-24(15-18)37-25-16-19(31(3)4)8-11-22(25)26(21)20-9-6-17(14-23(20)28(33)34)27(32)29-12-13-38-39(5,35)36/h6-11,14-16H,12-13H2,1-5H3,(H-,29,32,33,34). The third-order valence-electron chi connectivity index (χ3n) is 6.18. The topological polar surface area (TPSA) is 123 Å². The molecule has 0 bridgehead atoms. The van der Waals surface area contributed by atoms with E-state index in [0.717, 1.165) is 28.1 Å². The average molecular weight is 568 g/mol. The van der Waals surface area contributed by atoms with Gasteiger partial charge in [0.1, 0.15) is 25.4 Å². The first-order valence-electron chi connectivity index (χ1n) is 12.0. The molecule has 1 amide bonds. The molecule has 204 valence electrons. The van der Waals surface area contributed by atoms with Crippen LogP contribution in [-0.2, 0) is 8.87 Å². The van der Waals surface area contributed by atoms with Gasteiger partial charge in [0, 0.05) is 78.1 Å².